The van der Waals surface area contributed by atoms with E-state index < -0.39 is 23.0 Å². The number of aryl methyl sites for hydroxylation is 1. The SMILES string of the molecule is CCCCC1=C(C(=O)OC)C(c2cc(OC)c(OCc3ccccc3C)c([N+](=O)[O-])c2)NC(=O)N1. The van der Waals surface area contributed by atoms with E-state index in [9.17, 15) is 19.7 Å². The summed E-state index contributed by atoms with van der Waals surface area (Å²) in [4.78, 5) is 36.5. The van der Waals surface area contributed by atoms with Crippen molar-refractivity contribution in [2.75, 3.05) is 14.2 Å². The summed E-state index contributed by atoms with van der Waals surface area (Å²) in [6.45, 7) is 4.01. The number of nitro benzene ring substituents is 1. The van der Waals surface area contributed by atoms with Gasteiger partial charge in [-0.2, -0.15) is 0 Å². The smallest absolute Gasteiger partial charge is 0.337 e. The van der Waals surface area contributed by atoms with Gasteiger partial charge >= 0.3 is 17.7 Å². The number of methoxy groups -OCH3 is 2. The van der Waals surface area contributed by atoms with E-state index in [0.29, 0.717) is 17.7 Å². The van der Waals surface area contributed by atoms with E-state index in [1.807, 2.05) is 38.1 Å². The molecule has 35 heavy (non-hydrogen) atoms. The van der Waals surface area contributed by atoms with E-state index in [0.717, 1.165) is 24.0 Å². The molecule has 0 radical (unpaired) electrons. The number of carbonyl (C=O) groups is 2. The summed E-state index contributed by atoms with van der Waals surface area (Å²) in [6, 6.07) is 8.86. The molecule has 186 valence electrons. The zero-order valence-electron chi connectivity index (χ0n) is 20.2. The summed E-state index contributed by atoms with van der Waals surface area (Å²) < 4.78 is 16.3. The van der Waals surface area contributed by atoms with Crippen molar-refractivity contribution in [2.45, 2.75) is 45.8 Å². The Hall–Kier alpha value is -4.08. The Balaban J connectivity index is 2.09. The summed E-state index contributed by atoms with van der Waals surface area (Å²) in [5.41, 5.74) is 2.41. The van der Waals surface area contributed by atoms with Crippen LogP contribution in [-0.4, -0.2) is 31.1 Å². The minimum absolute atomic E-state index is 0.0421. The largest absolute Gasteiger partial charge is 0.493 e. The lowest BCUT2D eigenvalue weighted by Gasteiger charge is -2.29. The van der Waals surface area contributed by atoms with E-state index in [2.05, 4.69) is 10.6 Å². The standard InChI is InChI=1S/C25H29N3O7/c1-5-6-11-18-21(24(29)34-4)22(27-25(30)26-18)17-12-19(28(31)32)23(20(13-17)33-3)35-14-16-10-8-7-9-15(16)2/h7-10,12-13,22H,5-6,11,14H2,1-4H3,(H2,26,27,30). The highest BCUT2D eigenvalue weighted by molar-refractivity contribution is 5.95. The van der Waals surface area contributed by atoms with E-state index in [4.69, 9.17) is 14.2 Å². The third kappa shape index (κ3) is 5.71. The van der Waals surface area contributed by atoms with Gasteiger partial charge in [0, 0.05) is 11.8 Å². The molecule has 0 bridgehead atoms. The third-order valence-corrected chi connectivity index (χ3v) is 5.78. The van der Waals surface area contributed by atoms with Crippen molar-refractivity contribution in [3.63, 3.8) is 0 Å². The quantitative estimate of drug-likeness (QED) is 0.290. The van der Waals surface area contributed by atoms with Crippen LogP contribution in [0.4, 0.5) is 10.5 Å². The number of rotatable bonds is 10. The van der Waals surface area contributed by atoms with Gasteiger partial charge in [-0.3, -0.25) is 10.1 Å². The fraction of sp³-hybridized carbons (Fsp3) is 0.360. The van der Waals surface area contributed by atoms with Crippen LogP contribution in [0.15, 0.2) is 47.7 Å². The summed E-state index contributed by atoms with van der Waals surface area (Å²) in [7, 11) is 2.61. The first-order chi connectivity index (χ1) is 16.8. The topological polar surface area (TPSA) is 129 Å². The second-order valence-corrected chi connectivity index (χ2v) is 8.06. The molecular weight excluding hydrogens is 454 g/mol. The number of allylic oxidation sites excluding steroid dienone is 1. The third-order valence-electron chi connectivity index (χ3n) is 5.78. The van der Waals surface area contributed by atoms with Crippen molar-refractivity contribution < 1.29 is 28.7 Å². The number of hydrogen-bond donors (Lipinski definition) is 2. The zero-order valence-corrected chi connectivity index (χ0v) is 20.2. The van der Waals surface area contributed by atoms with Gasteiger partial charge in [0.15, 0.2) is 5.75 Å². The molecule has 1 aliphatic rings. The highest BCUT2D eigenvalue weighted by Crippen LogP contribution is 2.42. The van der Waals surface area contributed by atoms with Crippen molar-refractivity contribution in [1.29, 1.82) is 0 Å². The highest BCUT2D eigenvalue weighted by Gasteiger charge is 2.35. The van der Waals surface area contributed by atoms with E-state index in [1.165, 1.54) is 26.4 Å². The number of carbonyl (C=O) groups excluding carboxylic acids is 2. The number of benzene rings is 2. The lowest BCUT2D eigenvalue weighted by atomic mass is 9.93. The number of ether oxygens (including phenoxy) is 3. The Bertz CT molecular complexity index is 1160. The van der Waals surface area contributed by atoms with Crippen LogP contribution in [0.25, 0.3) is 0 Å². The molecule has 3 rings (SSSR count). The molecule has 2 aromatic carbocycles. The van der Waals surface area contributed by atoms with Crippen LogP contribution < -0.4 is 20.1 Å². The molecule has 10 nitrogen and oxygen atoms in total. The number of urea groups is 1. The van der Waals surface area contributed by atoms with Gasteiger partial charge in [0.2, 0.25) is 5.75 Å². The molecule has 1 unspecified atom stereocenters. The van der Waals surface area contributed by atoms with Crippen LogP contribution in [0.2, 0.25) is 0 Å². The molecule has 1 heterocycles. The predicted molar refractivity (Wildman–Crippen MR) is 128 cm³/mol. The predicted octanol–water partition coefficient (Wildman–Crippen LogP) is 4.46. The van der Waals surface area contributed by atoms with Crippen LogP contribution in [0, 0.1) is 17.0 Å². The number of nitrogens with zero attached hydrogens (tertiary/aromatic N) is 1. The Morgan fingerprint density at radius 1 is 1.20 bits per heavy atom. The minimum atomic E-state index is -0.971. The maximum Gasteiger partial charge on any atom is 0.337 e. The van der Waals surface area contributed by atoms with Gasteiger partial charge in [0.25, 0.3) is 0 Å². The maximum absolute atomic E-state index is 12.7. The van der Waals surface area contributed by atoms with Gasteiger partial charge in [0.1, 0.15) is 6.61 Å². The van der Waals surface area contributed by atoms with Crippen molar-refractivity contribution in [2.24, 2.45) is 0 Å². The Kier molecular flexibility index (Phi) is 8.30. The average Bonchev–Trinajstić information content (AvgIpc) is 2.85. The van der Waals surface area contributed by atoms with E-state index in [-0.39, 0.29) is 29.4 Å². The molecule has 0 aliphatic carbocycles. The van der Waals surface area contributed by atoms with E-state index >= 15 is 0 Å². The van der Waals surface area contributed by atoms with Crippen LogP contribution in [0.3, 0.4) is 0 Å². The highest BCUT2D eigenvalue weighted by atomic mass is 16.6. The van der Waals surface area contributed by atoms with Gasteiger partial charge in [-0.1, -0.05) is 37.6 Å². The van der Waals surface area contributed by atoms with E-state index in [1.54, 1.807) is 0 Å². The van der Waals surface area contributed by atoms with Gasteiger partial charge in [-0.15, -0.1) is 0 Å². The first kappa shape index (κ1) is 25.5. The molecule has 2 N–H and O–H groups in total. The van der Waals surface area contributed by atoms with Crippen LogP contribution in [-0.2, 0) is 16.1 Å². The molecule has 0 saturated carbocycles. The summed E-state index contributed by atoms with van der Waals surface area (Å²) in [5.74, 6) is -0.579. The fourth-order valence-corrected chi connectivity index (χ4v) is 3.90. The van der Waals surface area contributed by atoms with Gasteiger partial charge in [-0.25, -0.2) is 9.59 Å². The molecule has 1 atom stereocenters. The summed E-state index contributed by atoms with van der Waals surface area (Å²) in [6.07, 6.45) is 2.03. The average molecular weight is 484 g/mol. The molecular formula is C25H29N3O7. The van der Waals surface area contributed by atoms with Crippen LogP contribution >= 0.6 is 0 Å². The fourth-order valence-electron chi connectivity index (χ4n) is 3.90. The molecule has 2 aromatic rings. The number of unbranched alkanes of at least 4 members (excludes halogenated alkanes) is 1. The molecule has 0 fully saturated rings. The second kappa shape index (κ2) is 11.4. The second-order valence-electron chi connectivity index (χ2n) is 8.06. The molecule has 1 aliphatic heterocycles. The van der Waals surface area contributed by atoms with Crippen molar-refractivity contribution in [1.82, 2.24) is 10.6 Å². The lowest BCUT2D eigenvalue weighted by Crippen LogP contribution is -2.46. The molecule has 0 spiro atoms. The minimum Gasteiger partial charge on any atom is -0.493 e. The zero-order chi connectivity index (χ0) is 25.5. The number of esters is 1. The Labute approximate surface area is 203 Å². The number of hydrogen-bond acceptors (Lipinski definition) is 7. The lowest BCUT2D eigenvalue weighted by molar-refractivity contribution is -0.386. The number of nitrogens with one attached hydrogen (secondary N) is 2. The molecule has 2 amide bonds. The normalized spacial score (nSPS) is 15.2. The van der Waals surface area contributed by atoms with Crippen molar-refractivity contribution in [3.05, 3.63) is 74.5 Å². The first-order valence-corrected chi connectivity index (χ1v) is 11.2. The monoisotopic (exact) mass is 483 g/mol. The summed E-state index contributed by atoms with van der Waals surface area (Å²) in [5, 5.41) is 17.4. The molecule has 0 aromatic heterocycles. The van der Waals surface area contributed by atoms with Crippen molar-refractivity contribution >= 4 is 17.7 Å². The van der Waals surface area contributed by atoms with Crippen LogP contribution in [0.5, 0.6) is 11.5 Å². The Morgan fingerprint density at radius 3 is 2.57 bits per heavy atom. The number of nitro groups is 1. The van der Waals surface area contributed by atoms with Gasteiger partial charge in [-0.05, 0) is 42.5 Å². The molecule has 0 saturated heterocycles. The van der Waals surface area contributed by atoms with Gasteiger partial charge < -0.3 is 24.8 Å². The molecule has 10 heteroatoms. The van der Waals surface area contributed by atoms with Crippen LogP contribution in [0.1, 0.15) is 48.9 Å². The Morgan fingerprint density at radius 2 is 1.94 bits per heavy atom. The number of amides is 2. The van der Waals surface area contributed by atoms with Crippen molar-refractivity contribution in [3.8, 4) is 11.5 Å². The van der Waals surface area contributed by atoms with Gasteiger partial charge in [0.05, 0.1) is 30.8 Å². The summed E-state index contributed by atoms with van der Waals surface area (Å²) >= 11 is 0. The maximum atomic E-state index is 12.7. The first-order valence-electron chi connectivity index (χ1n) is 11.2.